The van der Waals surface area contributed by atoms with Gasteiger partial charge >= 0.3 is 11.9 Å². The number of amides is 1. The van der Waals surface area contributed by atoms with Crippen LogP contribution >= 0.6 is 0 Å². The van der Waals surface area contributed by atoms with Crippen LogP contribution in [0.3, 0.4) is 0 Å². The monoisotopic (exact) mass is 456 g/mol. The molecule has 2 atom stereocenters. The molecule has 1 amide bonds. The van der Waals surface area contributed by atoms with Gasteiger partial charge in [-0.25, -0.2) is 9.79 Å². The highest BCUT2D eigenvalue weighted by Gasteiger charge is 2.25. The number of aliphatic hydroxyl groups excluding tert-OH is 1. The zero-order chi connectivity index (χ0) is 24.0. The van der Waals surface area contributed by atoms with E-state index in [4.69, 9.17) is 4.74 Å². The first-order chi connectivity index (χ1) is 15.8. The highest BCUT2D eigenvalue weighted by molar-refractivity contribution is 5.96. The number of nitrogens with one attached hydrogen (secondary N) is 2. The molecule has 0 radical (unpaired) electrons. The third-order valence-electron chi connectivity index (χ3n) is 5.42. The minimum absolute atomic E-state index is 0.0229. The number of H-pyrrole nitrogens is 1. The molecule has 10 nitrogen and oxygen atoms in total. The summed E-state index contributed by atoms with van der Waals surface area (Å²) in [6.07, 6.45) is 1.53. The van der Waals surface area contributed by atoms with Gasteiger partial charge in [-0.3, -0.25) is 9.59 Å². The minimum atomic E-state index is -0.955. The van der Waals surface area contributed by atoms with E-state index >= 15 is 0 Å². The summed E-state index contributed by atoms with van der Waals surface area (Å²) in [6, 6.07) is 7.87. The smallest absolute Gasteiger partial charge is 0.328 e. The Labute approximate surface area is 191 Å². The van der Waals surface area contributed by atoms with Crippen LogP contribution in [0.15, 0.2) is 35.3 Å². The van der Waals surface area contributed by atoms with E-state index in [-0.39, 0.29) is 12.8 Å². The summed E-state index contributed by atoms with van der Waals surface area (Å²) in [5.74, 6) is -0.889. The van der Waals surface area contributed by atoms with Gasteiger partial charge in [-0.1, -0.05) is 12.1 Å². The molecule has 1 aliphatic rings. The van der Waals surface area contributed by atoms with Crippen molar-refractivity contribution in [2.75, 3.05) is 20.8 Å². The zero-order valence-corrected chi connectivity index (χ0v) is 18.8. The minimum Gasteiger partial charge on any atom is -0.469 e. The fourth-order valence-electron chi connectivity index (χ4n) is 3.53. The SMILES string of the molecule is COC(=O)CC[C@@H](NC(=O)c1ccc(CCN2C=Nc3[nH]c(C)cc3C2O)cc1)C(=O)OC. The van der Waals surface area contributed by atoms with E-state index in [2.05, 4.69) is 20.0 Å². The molecule has 0 bridgehead atoms. The Morgan fingerprint density at radius 2 is 1.94 bits per heavy atom. The molecule has 1 aliphatic heterocycles. The molecule has 1 aromatic carbocycles. The maximum absolute atomic E-state index is 12.6. The molecule has 2 aromatic rings. The average molecular weight is 456 g/mol. The van der Waals surface area contributed by atoms with Gasteiger partial charge in [0.2, 0.25) is 0 Å². The molecule has 0 aliphatic carbocycles. The third-order valence-corrected chi connectivity index (χ3v) is 5.42. The number of aryl methyl sites for hydroxylation is 1. The van der Waals surface area contributed by atoms with Crippen molar-refractivity contribution in [3.05, 3.63) is 52.7 Å². The van der Waals surface area contributed by atoms with E-state index in [1.165, 1.54) is 14.2 Å². The topological polar surface area (TPSA) is 133 Å². The highest BCUT2D eigenvalue weighted by Crippen LogP contribution is 2.31. The first kappa shape index (κ1) is 24.0. The highest BCUT2D eigenvalue weighted by atomic mass is 16.5. The second kappa shape index (κ2) is 10.8. The Morgan fingerprint density at radius 1 is 1.21 bits per heavy atom. The lowest BCUT2D eigenvalue weighted by Crippen LogP contribution is -2.41. The predicted molar refractivity (Wildman–Crippen MR) is 120 cm³/mol. The number of aromatic amines is 1. The molecule has 0 saturated heterocycles. The van der Waals surface area contributed by atoms with Crippen LogP contribution in [0.2, 0.25) is 0 Å². The molecule has 0 saturated carbocycles. The number of carbonyl (C=O) groups is 3. The van der Waals surface area contributed by atoms with Crippen molar-refractivity contribution < 1.29 is 29.0 Å². The van der Waals surface area contributed by atoms with Crippen LogP contribution in [-0.4, -0.2) is 66.0 Å². The maximum Gasteiger partial charge on any atom is 0.328 e. The van der Waals surface area contributed by atoms with E-state index in [1.54, 1.807) is 23.4 Å². The summed E-state index contributed by atoms with van der Waals surface area (Å²) in [7, 11) is 2.48. The number of hydrogen-bond donors (Lipinski definition) is 3. The van der Waals surface area contributed by atoms with Crippen LogP contribution in [0, 0.1) is 6.92 Å². The van der Waals surface area contributed by atoms with Gasteiger partial charge < -0.3 is 29.8 Å². The van der Waals surface area contributed by atoms with Crippen LogP contribution in [0.5, 0.6) is 0 Å². The molecule has 0 spiro atoms. The Morgan fingerprint density at radius 3 is 2.61 bits per heavy atom. The van der Waals surface area contributed by atoms with Crippen LogP contribution < -0.4 is 5.32 Å². The van der Waals surface area contributed by atoms with Crippen molar-refractivity contribution >= 4 is 30.0 Å². The van der Waals surface area contributed by atoms with E-state index < -0.39 is 30.1 Å². The molecular formula is C23H28N4O6. The summed E-state index contributed by atoms with van der Waals surface area (Å²) < 4.78 is 9.29. The van der Waals surface area contributed by atoms with E-state index in [9.17, 15) is 19.5 Å². The number of nitrogens with zero attached hydrogens (tertiary/aromatic N) is 2. The Balaban J connectivity index is 1.56. The van der Waals surface area contributed by atoms with Crippen molar-refractivity contribution in [3.63, 3.8) is 0 Å². The van der Waals surface area contributed by atoms with Crippen LogP contribution in [0.1, 0.15) is 46.2 Å². The molecule has 3 N–H and O–H groups in total. The second-order valence-electron chi connectivity index (χ2n) is 7.72. The number of aliphatic hydroxyl groups is 1. The van der Waals surface area contributed by atoms with Crippen LogP contribution in [0.25, 0.3) is 0 Å². The predicted octanol–water partition coefficient (Wildman–Crippen LogP) is 1.76. The van der Waals surface area contributed by atoms with Gasteiger partial charge in [0.25, 0.3) is 5.91 Å². The molecule has 1 aromatic heterocycles. The molecule has 10 heteroatoms. The summed E-state index contributed by atoms with van der Waals surface area (Å²) in [6.45, 7) is 2.45. The number of hydrogen-bond acceptors (Lipinski definition) is 8. The van der Waals surface area contributed by atoms with Gasteiger partial charge in [-0.2, -0.15) is 0 Å². The molecule has 33 heavy (non-hydrogen) atoms. The van der Waals surface area contributed by atoms with Crippen molar-refractivity contribution in [1.82, 2.24) is 15.2 Å². The molecule has 176 valence electrons. The number of aromatic nitrogens is 1. The van der Waals surface area contributed by atoms with Crippen LogP contribution in [0.4, 0.5) is 5.82 Å². The first-order valence-electron chi connectivity index (χ1n) is 10.5. The van der Waals surface area contributed by atoms with Gasteiger partial charge in [0.05, 0.1) is 20.6 Å². The molecule has 3 rings (SSSR count). The Kier molecular flexibility index (Phi) is 7.83. The largest absolute Gasteiger partial charge is 0.469 e. The summed E-state index contributed by atoms with van der Waals surface area (Å²) >= 11 is 0. The van der Waals surface area contributed by atoms with Gasteiger partial charge in [0.15, 0.2) is 6.23 Å². The summed E-state index contributed by atoms with van der Waals surface area (Å²) in [5.41, 5.74) is 3.03. The fraction of sp³-hybridized carbons (Fsp3) is 0.391. The number of rotatable bonds is 9. The van der Waals surface area contributed by atoms with Crippen molar-refractivity contribution in [2.24, 2.45) is 4.99 Å². The Hall–Kier alpha value is -3.66. The number of benzene rings is 1. The number of aliphatic imine (C=N–C) groups is 1. The lowest BCUT2D eigenvalue weighted by Gasteiger charge is -2.28. The summed E-state index contributed by atoms with van der Waals surface area (Å²) in [5, 5.41) is 13.2. The molecular weight excluding hydrogens is 428 g/mol. The van der Waals surface area contributed by atoms with E-state index in [0.717, 1.165) is 16.8 Å². The number of esters is 2. The standard InChI is InChI=1S/C23H28N4O6/c1-14-12-17-20(25-14)24-13-27(22(17)30)11-10-15-4-6-16(7-5-15)21(29)26-18(23(31)33-3)8-9-19(28)32-2/h4-7,12-13,18,22,25,30H,8-11H2,1-3H3,(H,26,29)/t18-,22?/m1/s1. The van der Waals surface area contributed by atoms with Crippen molar-refractivity contribution in [2.45, 2.75) is 38.5 Å². The molecule has 2 heterocycles. The summed E-state index contributed by atoms with van der Waals surface area (Å²) in [4.78, 5) is 45.1. The average Bonchev–Trinajstić information content (AvgIpc) is 3.21. The first-order valence-corrected chi connectivity index (χ1v) is 10.5. The lowest BCUT2D eigenvalue weighted by atomic mass is 10.1. The maximum atomic E-state index is 12.6. The lowest BCUT2D eigenvalue weighted by molar-refractivity contribution is -0.144. The van der Waals surface area contributed by atoms with Gasteiger partial charge in [-0.05, 0) is 43.5 Å². The van der Waals surface area contributed by atoms with Gasteiger partial charge in [-0.15, -0.1) is 0 Å². The second-order valence-corrected chi connectivity index (χ2v) is 7.72. The van der Waals surface area contributed by atoms with E-state index in [1.807, 2.05) is 25.1 Å². The normalized spacial score (nSPS) is 15.5. The quantitative estimate of drug-likeness (QED) is 0.490. The molecule has 1 unspecified atom stereocenters. The van der Waals surface area contributed by atoms with E-state index in [0.29, 0.717) is 24.3 Å². The van der Waals surface area contributed by atoms with Gasteiger partial charge in [0.1, 0.15) is 11.9 Å². The molecule has 0 fully saturated rings. The number of fused-ring (bicyclic) bond motifs is 1. The van der Waals surface area contributed by atoms with Crippen molar-refractivity contribution in [1.29, 1.82) is 0 Å². The number of carbonyl (C=O) groups excluding carboxylic acids is 3. The number of methoxy groups -OCH3 is 2. The van der Waals surface area contributed by atoms with Gasteiger partial charge in [0, 0.05) is 29.8 Å². The number of ether oxygens (including phenoxy) is 2. The Bertz CT molecular complexity index is 1030. The third kappa shape index (κ3) is 5.98. The van der Waals surface area contributed by atoms with Crippen molar-refractivity contribution in [3.8, 4) is 0 Å². The zero-order valence-electron chi connectivity index (χ0n) is 18.8. The van der Waals surface area contributed by atoms with Crippen LogP contribution in [-0.2, 0) is 25.5 Å². The fourth-order valence-corrected chi connectivity index (χ4v) is 3.53.